The van der Waals surface area contributed by atoms with E-state index in [0.717, 1.165) is 17.9 Å². The molecule has 110 valence electrons. The van der Waals surface area contributed by atoms with Gasteiger partial charge >= 0.3 is 0 Å². The Hall–Kier alpha value is -1.90. The van der Waals surface area contributed by atoms with Crippen LogP contribution in [0.15, 0.2) is 24.3 Å². The number of nitrogen functional groups attached to an aromatic ring is 1. The molecule has 0 aliphatic heterocycles. The minimum atomic E-state index is 0.578. The molecule has 3 heteroatoms. The average Bonchev–Trinajstić information content (AvgIpc) is 2.96. The fourth-order valence-corrected chi connectivity index (χ4v) is 3.14. The van der Waals surface area contributed by atoms with Crippen LogP contribution in [0, 0.1) is 13.8 Å². The first-order valence-electron chi connectivity index (χ1n) is 7.81. The van der Waals surface area contributed by atoms with Crippen LogP contribution in [0.3, 0.4) is 0 Å². The van der Waals surface area contributed by atoms with Gasteiger partial charge in [0.15, 0.2) is 0 Å². The first-order valence-corrected chi connectivity index (χ1v) is 7.81. The SMILES string of the molecule is Cc1ccc(Cc2nc(N)cc(C3CCCC3)n2)cc1C. The Labute approximate surface area is 126 Å². The molecule has 21 heavy (non-hydrogen) atoms. The predicted octanol–water partition coefficient (Wildman–Crippen LogP) is 3.92. The zero-order valence-corrected chi connectivity index (χ0v) is 12.9. The number of hydrogen-bond donors (Lipinski definition) is 1. The van der Waals surface area contributed by atoms with E-state index in [9.17, 15) is 0 Å². The van der Waals surface area contributed by atoms with Crippen LogP contribution in [0.25, 0.3) is 0 Å². The lowest BCUT2D eigenvalue weighted by Gasteiger charge is -2.11. The monoisotopic (exact) mass is 281 g/mol. The van der Waals surface area contributed by atoms with E-state index in [1.165, 1.54) is 42.4 Å². The first kappa shape index (κ1) is 14.1. The fraction of sp³-hybridized carbons (Fsp3) is 0.444. The highest BCUT2D eigenvalue weighted by atomic mass is 14.9. The second kappa shape index (κ2) is 5.84. The van der Waals surface area contributed by atoms with Gasteiger partial charge < -0.3 is 5.73 Å². The smallest absolute Gasteiger partial charge is 0.135 e. The maximum absolute atomic E-state index is 5.98. The fourth-order valence-electron chi connectivity index (χ4n) is 3.14. The van der Waals surface area contributed by atoms with Crippen molar-refractivity contribution in [3.05, 3.63) is 52.5 Å². The van der Waals surface area contributed by atoms with Crippen LogP contribution in [0.5, 0.6) is 0 Å². The third-order valence-electron chi connectivity index (χ3n) is 4.52. The summed E-state index contributed by atoms with van der Waals surface area (Å²) in [5.41, 5.74) is 11.0. The van der Waals surface area contributed by atoms with Crippen LogP contribution in [0.2, 0.25) is 0 Å². The van der Waals surface area contributed by atoms with Crippen LogP contribution in [-0.4, -0.2) is 9.97 Å². The number of rotatable bonds is 3. The Morgan fingerprint density at radius 2 is 1.81 bits per heavy atom. The van der Waals surface area contributed by atoms with Crippen molar-refractivity contribution in [2.45, 2.75) is 51.9 Å². The summed E-state index contributed by atoms with van der Waals surface area (Å²) >= 11 is 0. The second-order valence-corrected chi connectivity index (χ2v) is 6.21. The van der Waals surface area contributed by atoms with E-state index in [4.69, 9.17) is 10.7 Å². The second-order valence-electron chi connectivity index (χ2n) is 6.21. The van der Waals surface area contributed by atoms with Crippen LogP contribution in [-0.2, 0) is 6.42 Å². The van der Waals surface area contributed by atoms with Crippen LogP contribution in [0.1, 0.15) is 59.8 Å². The normalized spacial score (nSPS) is 15.5. The Balaban J connectivity index is 1.85. The summed E-state index contributed by atoms with van der Waals surface area (Å²) in [6.45, 7) is 4.28. The molecule has 1 aliphatic carbocycles. The van der Waals surface area contributed by atoms with E-state index in [0.29, 0.717) is 11.7 Å². The van der Waals surface area contributed by atoms with E-state index in [-0.39, 0.29) is 0 Å². The van der Waals surface area contributed by atoms with Crippen LogP contribution >= 0.6 is 0 Å². The van der Waals surface area contributed by atoms with Gasteiger partial charge in [-0.05, 0) is 43.4 Å². The van der Waals surface area contributed by atoms with Gasteiger partial charge in [-0.1, -0.05) is 31.0 Å². The summed E-state index contributed by atoms with van der Waals surface area (Å²) in [5.74, 6) is 2.03. The number of nitrogens with two attached hydrogens (primary N) is 1. The molecular weight excluding hydrogens is 258 g/mol. The Bertz CT molecular complexity index is 643. The maximum atomic E-state index is 5.98. The van der Waals surface area contributed by atoms with Crippen molar-refractivity contribution in [2.75, 3.05) is 5.73 Å². The van der Waals surface area contributed by atoms with Crippen molar-refractivity contribution < 1.29 is 0 Å². The number of anilines is 1. The molecule has 0 radical (unpaired) electrons. The topological polar surface area (TPSA) is 51.8 Å². The predicted molar refractivity (Wildman–Crippen MR) is 86.4 cm³/mol. The molecule has 0 bridgehead atoms. The third-order valence-corrected chi connectivity index (χ3v) is 4.52. The maximum Gasteiger partial charge on any atom is 0.135 e. The van der Waals surface area contributed by atoms with Gasteiger partial charge in [0, 0.05) is 24.1 Å². The van der Waals surface area contributed by atoms with Crippen LogP contribution < -0.4 is 5.73 Å². The zero-order valence-electron chi connectivity index (χ0n) is 12.9. The van der Waals surface area contributed by atoms with Gasteiger partial charge in [0.2, 0.25) is 0 Å². The van der Waals surface area contributed by atoms with Gasteiger partial charge in [-0.2, -0.15) is 0 Å². The molecular formula is C18H23N3. The zero-order chi connectivity index (χ0) is 14.8. The van der Waals surface area contributed by atoms with E-state index < -0.39 is 0 Å². The van der Waals surface area contributed by atoms with Gasteiger partial charge in [-0.15, -0.1) is 0 Å². The Morgan fingerprint density at radius 1 is 1.05 bits per heavy atom. The van der Waals surface area contributed by atoms with Crippen LogP contribution in [0.4, 0.5) is 5.82 Å². The first-order chi connectivity index (χ1) is 10.1. The average molecular weight is 281 g/mol. The summed E-state index contributed by atoms with van der Waals surface area (Å²) in [4.78, 5) is 9.19. The highest BCUT2D eigenvalue weighted by Crippen LogP contribution is 2.33. The molecule has 1 aromatic heterocycles. The van der Waals surface area contributed by atoms with Gasteiger partial charge in [0.1, 0.15) is 11.6 Å². The molecule has 0 saturated heterocycles. The molecule has 1 aliphatic rings. The molecule has 2 N–H and O–H groups in total. The van der Waals surface area contributed by atoms with Crippen molar-refractivity contribution in [1.82, 2.24) is 9.97 Å². The van der Waals surface area contributed by atoms with Crippen molar-refractivity contribution in [3.8, 4) is 0 Å². The summed E-state index contributed by atoms with van der Waals surface area (Å²) in [7, 11) is 0. The third kappa shape index (κ3) is 3.23. The highest BCUT2D eigenvalue weighted by Gasteiger charge is 2.19. The quantitative estimate of drug-likeness (QED) is 0.927. The van der Waals surface area contributed by atoms with E-state index >= 15 is 0 Å². The molecule has 1 fully saturated rings. The van der Waals surface area contributed by atoms with E-state index in [2.05, 4.69) is 37.0 Å². The Kier molecular flexibility index (Phi) is 3.91. The molecule has 0 amide bonds. The minimum Gasteiger partial charge on any atom is -0.384 e. The number of nitrogens with zero attached hydrogens (tertiary/aromatic N) is 2. The van der Waals surface area contributed by atoms with Crippen molar-refractivity contribution in [2.24, 2.45) is 0 Å². The lowest BCUT2D eigenvalue weighted by atomic mass is 10.0. The highest BCUT2D eigenvalue weighted by molar-refractivity contribution is 5.35. The number of aromatic nitrogens is 2. The van der Waals surface area contributed by atoms with Gasteiger partial charge in [0.25, 0.3) is 0 Å². The summed E-state index contributed by atoms with van der Waals surface area (Å²) < 4.78 is 0. The molecule has 2 aromatic rings. The lowest BCUT2D eigenvalue weighted by molar-refractivity contribution is 0.687. The molecule has 1 saturated carbocycles. The van der Waals surface area contributed by atoms with E-state index in [1.54, 1.807) is 0 Å². The number of benzene rings is 1. The van der Waals surface area contributed by atoms with E-state index in [1.807, 2.05) is 6.07 Å². The van der Waals surface area contributed by atoms with Gasteiger partial charge in [0.05, 0.1) is 0 Å². The van der Waals surface area contributed by atoms with Crippen molar-refractivity contribution in [1.29, 1.82) is 0 Å². The molecule has 3 rings (SSSR count). The van der Waals surface area contributed by atoms with Crippen molar-refractivity contribution in [3.63, 3.8) is 0 Å². The van der Waals surface area contributed by atoms with Gasteiger partial charge in [-0.25, -0.2) is 9.97 Å². The van der Waals surface area contributed by atoms with Crippen molar-refractivity contribution >= 4 is 5.82 Å². The molecule has 3 nitrogen and oxygen atoms in total. The van der Waals surface area contributed by atoms with Gasteiger partial charge in [-0.3, -0.25) is 0 Å². The molecule has 1 heterocycles. The molecule has 1 aromatic carbocycles. The lowest BCUT2D eigenvalue weighted by Crippen LogP contribution is -2.06. The molecule has 0 atom stereocenters. The largest absolute Gasteiger partial charge is 0.384 e. The summed E-state index contributed by atoms with van der Waals surface area (Å²) in [6, 6.07) is 8.50. The molecule has 0 unspecified atom stereocenters. The number of aryl methyl sites for hydroxylation is 2. The molecule has 0 spiro atoms. The Morgan fingerprint density at radius 3 is 2.52 bits per heavy atom. The number of hydrogen-bond acceptors (Lipinski definition) is 3. The summed E-state index contributed by atoms with van der Waals surface area (Å²) in [6.07, 6.45) is 5.84. The summed E-state index contributed by atoms with van der Waals surface area (Å²) in [5, 5.41) is 0. The standard InChI is InChI=1S/C18H23N3/c1-12-7-8-14(9-13(12)2)10-18-20-16(11-17(19)21-18)15-5-3-4-6-15/h7-9,11,15H,3-6,10H2,1-2H3,(H2,19,20,21). The minimum absolute atomic E-state index is 0.578.